The SMILES string of the molecule is COc1ccc(-c2cc(N3CCNCC3)nc(C3=NC3)n2)cc1C(F)(F)F. The van der Waals surface area contributed by atoms with Crippen LogP contribution in [-0.4, -0.2) is 55.5 Å². The second kappa shape index (κ2) is 6.80. The monoisotopic (exact) mass is 377 g/mol. The standard InChI is InChI=1S/C18H18F3N5O/c1-27-15-3-2-11(8-12(15)18(19,20)21)13-9-16(26-6-4-22-5-7-26)25-17(24-13)14-10-23-14/h2-3,8-9,22H,4-7,10H2,1H3. The number of methoxy groups -OCH3 is 1. The number of aromatic nitrogens is 2. The van der Waals surface area contributed by atoms with Crippen molar-refractivity contribution < 1.29 is 17.9 Å². The molecule has 1 saturated heterocycles. The molecule has 27 heavy (non-hydrogen) atoms. The first-order valence-electron chi connectivity index (χ1n) is 8.60. The smallest absolute Gasteiger partial charge is 0.419 e. The molecule has 142 valence electrons. The van der Waals surface area contributed by atoms with Crippen LogP contribution in [0, 0.1) is 0 Å². The van der Waals surface area contributed by atoms with Crippen LogP contribution < -0.4 is 15.0 Å². The first-order valence-corrected chi connectivity index (χ1v) is 8.60. The van der Waals surface area contributed by atoms with Crippen LogP contribution in [0.25, 0.3) is 11.3 Å². The molecule has 3 heterocycles. The van der Waals surface area contributed by atoms with Crippen molar-refractivity contribution in [3.63, 3.8) is 0 Å². The van der Waals surface area contributed by atoms with Gasteiger partial charge in [0.2, 0.25) is 0 Å². The first kappa shape index (κ1) is 17.7. The predicted molar refractivity (Wildman–Crippen MR) is 95.5 cm³/mol. The maximum Gasteiger partial charge on any atom is 0.419 e. The largest absolute Gasteiger partial charge is 0.496 e. The minimum atomic E-state index is -4.51. The molecule has 1 aromatic carbocycles. The van der Waals surface area contributed by atoms with Gasteiger partial charge in [-0.05, 0) is 18.2 Å². The number of rotatable bonds is 4. The Balaban J connectivity index is 1.79. The molecule has 9 heteroatoms. The average Bonchev–Trinajstić information content (AvgIpc) is 3.52. The summed E-state index contributed by atoms with van der Waals surface area (Å²) < 4.78 is 45.0. The highest BCUT2D eigenvalue weighted by Crippen LogP contribution is 2.38. The minimum Gasteiger partial charge on any atom is -0.496 e. The molecule has 4 rings (SSSR count). The van der Waals surface area contributed by atoms with E-state index in [2.05, 4.69) is 25.2 Å². The van der Waals surface area contributed by atoms with Gasteiger partial charge in [0.15, 0.2) is 5.82 Å². The molecule has 0 radical (unpaired) electrons. The summed E-state index contributed by atoms with van der Waals surface area (Å²) in [4.78, 5) is 15.2. The summed E-state index contributed by atoms with van der Waals surface area (Å²) in [5, 5.41) is 3.27. The Morgan fingerprint density at radius 2 is 1.85 bits per heavy atom. The summed E-state index contributed by atoms with van der Waals surface area (Å²) >= 11 is 0. The lowest BCUT2D eigenvalue weighted by Crippen LogP contribution is -2.44. The second-order valence-electron chi connectivity index (χ2n) is 6.35. The fraction of sp³-hybridized carbons (Fsp3) is 0.389. The lowest BCUT2D eigenvalue weighted by Gasteiger charge is -2.28. The van der Waals surface area contributed by atoms with Crippen LogP contribution in [0.4, 0.5) is 19.0 Å². The average molecular weight is 377 g/mol. The summed E-state index contributed by atoms with van der Waals surface area (Å²) in [5.74, 6) is 0.968. The van der Waals surface area contributed by atoms with Crippen LogP contribution in [0.15, 0.2) is 29.3 Å². The van der Waals surface area contributed by atoms with Crippen LogP contribution in [0.3, 0.4) is 0 Å². The Kier molecular flexibility index (Phi) is 4.47. The Morgan fingerprint density at radius 3 is 2.48 bits per heavy atom. The zero-order valence-corrected chi connectivity index (χ0v) is 14.7. The molecule has 0 saturated carbocycles. The van der Waals surface area contributed by atoms with Crippen molar-refractivity contribution in [2.45, 2.75) is 6.18 Å². The zero-order chi connectivity index (χ0) is 19.0. The summed E-state index contributed by atoms with van der Waals surface area (Å²) in [6.07, 6.45) is -4.51. The highest BCUT2D eigenvalue weighted by Gasteiger charge is 2.35. The minimum absolute atomic E-state index is 0.213. The van der Waals surface area contributed by atoms with Gasteiger partial charge in [-0.15, -0.1) is 0 Å². The summed E-state index contributed by atoms with van der Waals surface area (Å²) in [6.45, 7) is 3.78. The molecular weight excluding hydrogens is 359 g/mol. The molecule has 1 N–H and O–H groups in total. The molecule has 0 aliphatic carbocycles. The van der Waals surface area contributed by atoms with Crippen LogP contribution >= 0.6 is 0 Å². The molecule has 2 aliphatic rings. The van der Waals surface area contributed by atoms with E-state index in [9.17, 15) is 13.2 Å². The number of ether oxygens (including phenoxy) is 1. The van der Waals surface area contributed by atoms with Crippen LogP contribution in [0.1, 0.15) is 11.4 Å². The normalized spacial score (nSPS) is 16.9. The van der Waals surface area contributed by atoms with E-state index < -0.39 is 11.7 Å². The highest BCUT2D eigenvalue weighted by molar-refractivity contribution is 6.08. The molecule has 0 spiro atoms. The van der Waals surface area contributed by atoms with E-state index in [1.807, 2.05) is 0 Å². The van der Waals surface area contributed by atoms with Crippen molar-refractivity contribution in [3.05, 3.63) is 35.7 Å². The predicted octanol–water partition coefficient (Wildman–Crippen LogP) is 2.38. The molecule has 1 fully saturated rings. The molecule has 2 aromatic rings. The van der Waals surface area contributed by atoms with Gasteiger partial charge in [-0.2, -0.15) is 13.2 Å². The quantitative estimate of drug-likeness (QED) is 0.887. The number of benzene rings is 1. The van der Waals surface area contributed by atoms with Crippen molar-refractivity contribution in [3.8, 4) is 17.0 Å². The first-order chi connectivity index (χ1) is 13.0. The number of hydrogen-bond acceptors (Lipinski definition) is 6. The van der Waals surface area contributed by atoms with E-state index in [-0.39, 0.29) is 5.75 Å². The Bertz CT molecular complexity index is 891. The van der Waals surface area contributed by atoms with Gasteiger partial charge in [0, 0.05) is 37.8 Å². The van der Waals surface area contributed by atoms with Gasteiger partial charge in [0.1, 0.15) is 17.3 Å². The second-order valence-corrected chi connectivity index (χ2v) is 6.35. The van der Waals surface area contributed by atoms with Gasteiger partial charge in [-0.25, -0.2) is 9.97 Å². The van der Waals surface area contributed by atoms with Crippen molar-refractivity contribution in [2.24, 2.45) is 4.99 Å². The molecule has 6 nitrogen and oxygen atoms in total. The highest BCUT2D eigenvalue weighted by atomic mass is 19.4. The Morgan fingerprint density at radius 1 is 1.11 bits per heavy atom. The molecule has 0 unspecified atom stereocenters. The molecule has 2 aliphatic heterocycles. The maximum absolute atomic E-state index is 13.4. The third-order valence-electron chi connectivity index (χ3n) is 4.53. The summed E-state index contributed by atoms with van der Waals surface area (Å²) in [6, 6.07) is 5.70. The number of nitrogens with one attached hydrogen (secondary N) is 1. The number of anilines is 1. The fourth-order valence-electron chi connectivity index (χ4n) is 3.04. The van der Waals surface area contributed by atoms with Gasteiger partial charge >= 0.3 is 6.18 Å². The van der Waals surface area contributed by atoms with E-state index in [4.69, 9.17) is 4.74 Å². The van der Waals surface area contributed by atoms with Crippen LogP contribution in [-0.2, 0) is 6.18 Å². The van der Waals surface area contributed by atoms with Crippen LogP contribution in [0.2, 0.25) is 0 Å². The van der Waals surface area contributed by atoms with Crippen molar-refractivity contribution >= 4 is 11.5 Å². The number of piperazine rings is 1. The number of hydrogen-bond donors (Lipinski definition) is 1. The Hall–Kier alpha value is -2.68. The van der Waals surface area contributed by atoms with E-state index >= 15 is 0 Å². The summed E-state index contributed by atoms with van der Waals surface area (Å²) in [7, 11) is 1.22. The Labute approximate surface area is 154 Å². The topological polar surface area (TPSA) is 62.6 Å². The van der Waals surface area contributed by atoms with E-state index in [1.54, 1.807) is 12.1 Å². The summed E-state index contributed by atoms with van der Waals surface area (Å²) in [5.41, 5.74) is 0.758. The number of halogens is 3. The number of aliphatic imine (C=N–C) groups is 1. The molecule has 0 bridgehead atoms. The van der Waals surface area contributed by atoms with Gasteiger partial charge in [-0.1, -0.05) is 0 Å². The van der Waals surface area contributed by atoms with E-state index in [0.29, 0.717) is 29.4 Å². The van der Waals surface area contributed by atoms with E-state index in [1.165, 1.54) is 13.2 Å². The number of alkyl halides is 3. The van der Waals surface area contributed by atoms with Gasteiger partial charge < -0.3 is 15.0 Å². The molecule has 0 amide bonds. The lowest BCUT2D eigenvalue weighted by atomic mass is 10.1. The number of nitrogens with zero attached hydrogens (tertiary/aromatic N) is 4. The maximum atomic E-state index is 13.4. The third kappa shape index (κ3) is 3.73. The molecular formula is C18H18F3N5O. The molecule has 0 atom stereocenters. The van der Waals surface area contributed by atoms with Crippen molar-refractivity contribution in [1.82, 2.24) is 15.3 Å². The van der Waals surface area contributed by atoms with Crippen molar-refractivity contribution in [2.75, 3.05) is 44.7 Å². The van der Waals surface area contributed by atoms with Crippen molar-refractivity contribution in [1.29, 1.82) is 0 Å². The van der Waals surface area contributed by atoms with E-state index in [0.717, 1.165) is 38.0 Å². The zero-order valence-electron chi connectivity index (χ0n) is 14.7. The van der Waals surface area contributed by atoms with Gasteiger partial charge in [-0.3, -0.25) is 4.99 Å². The molecule has 1 aromatic heterocycles. The lowest BCUT2D eigenvalue weighted by molar-refractivity contribution is -0.138. The fourth-order valence-corrected chi connectivity index (χ4v) is 3.04. The third-order valence-corrected chi connectivity index (χ3v) is 4.53. The van der Waals surface area contributed by atoms with Gasteiger partial charge in [0.05, 0.1) is 24.9 Å². The van der Waals surface area contributed by atoms with Gasteiger partial charge in [0.25, 0.3) is 0 Å². The van der Waals surface area contributed by atoms with Crippen LogP contribution in [0.5, 0.6) is 5.75 Å².